The van der Waals surface area contributed by atoms with Crippen molar-refractivity contribution in [1.82, 2.24) is 10.9 Å². The average molecular weight is 417 g/mol. The number of hydrazine groups is 1. The summed E-state index contributed by atoms with van der Waals surface area (Å²) in [6.07, 6.45) is 1.75. The number of benzene rings is 2. The van der Waals surface area contributed by atoms with Gasteiger partial charge in [-0.3, -0.25) is 20.4 Å². The summed E-state index contributed by atoms with van der Waals surface area (Å²) >= 11 is 5.85. The van der Waals surface area contributed by atoms with Gasteiger partial charge in [-0.05, 0) is 35.9 Å². The zero-order valence-corrected chi connectivity index (χ0v) is 15.8. The first-order valence-corrected chi connectivity index (χ1v) is 8.96. The molecule has 0 saturated carbocycles. The molecule has 3 rings (SSSR count). The van der Waals surface area contributed by atoms with Gasteiger partial charge in [0.2, 0.25) is 6.10 Å². The lowest BCUT2D eigenvalue weighted by molar-refractivity contribution is -0.145. The number of hydrogen-bond acceptors (Lipinski definition) is 6. The molecule has 29 heavy (non-hydrogen) atoms. The number of ether oxygens (including phenoxy) is 3. The van der Waals surface area contributed by atoms with Crippen LogP contribution in [0.4, 0.5) is 0 Å². The van der Waals surface area contributed by atoms with Crippen molar-refractivity contribution >= 4 is 35.5 Å². The predicted molar refractivity (Wildman–Crippen MR) is 104 cm³/mol. The normalized spacial score (nSPS) is 14.9. The summed E-state index contributed by atoms with van der Waals surface area (Å²) in [4.78, 5) is 35.5. The van der Waals surface area contributed by atoms with Gasteiger partial charge >= 0.3 is 5.97 Å². The zero-order valence-electron chi connectivity index (χ0n) is 15.1. The van der Waals surface area contributed by atoms with Gasteiger partial charge in [0, 0.05) is 11.1 Å². The molecule has 0 saturated heterocycles. The summed E-state index contributed by atoms with van der Waals surface area (Å²) in [6, 6.07) is 13.8. The smallest absolute Gasteiger partial charge is 0.331 e. The van der Waals surface area contributed by atoms with Crippen molar-refractivity contribution in [1.29, 1.82) is 0 Å². The molecule has 0 radical (unpaired) electrons. The third-order valence-corrected chi connectivity index (χ3v) is 3.97. The van der Waals surface area contributed by atoms with Crippen LogP contribution in [0.1, 0.15) is 5.56 Å². The molecule has 0 aromatic heterocycles. The van der Waals surface area contributed by atoms with Crippen LogP contribution in [0.3, 0.4) is 0 Å². The lowest BCUT2D eigenvalue weighted by atomic mass is 10.2. The number of rotatable bonds is 5. The van der Waals surface area contributed by atoms with Gasteiger partial charge in [0.1, 0.15) is 6.61 Å². The van der Waals surface area contributed by atoms with Gasteiger partial charge in [-0.2, -0.15) is 0 Å². The highest BCUT2D eigenvalue weighted by molar-refractivity contribution is 6.30. The third kappa shape index (κ3) is 5.98. The second kappa shape index (κ2) is 9.61. The molecule has 2 amide bonds. The number of fused-ring (bicyclic) bond motifs is 1. The van der Waals surface area contributed by atoms with Gasteiger partial charge in [0.25, 0.3) is 11.8 Å². The highest BCUT2D eigenvalue weighted by atomic mass is 35.5. The van der Waals surface area contributed by atoms with E-state index in [0.29, 0.717) is 22.1 Å². The van der Waals surface area contributed by atoms with E-state index in [1.54, 1.807) is 48.5 Å². The first kappa shape index (κ1) is 20.2. The van der Waals surface area contributed by atoms with Gasteiger partial charge in [-0.25, -0.2) is 4.79 Å². The Morgan fingerprint density at radius 2 is 1.90 bits per heavy atom. The maximum Gasteiger partial charge on any atom is 0.331 e. The minimum atomic E-state index is -0.923. The second-order valence-electron chi connectivity index (χ2n) is 5.90. The maximum atomic E-state index is 12.1. The summed E-state index contributed by atoms with van der Waals surface area (Å²) in [5, 5.41) is 0.534. The van der Waals surface area contributed by atoms with E-state index < -0.39 is 30.5 Å². The van der Waals surface area contributed by atoms with Crippen LogP contribution in [-0.4, -0.2) is 37.1 Å². The molecule has 150 valence electrons. The fourth-order valence-electron chi connectivity index (χ4n) is 2.36. The predicted octanol–water partition coefficient (Wildman–Crippen LogP) is 1.88. The highest BCUT2D eigenvalue weighted by Gasteiger charge is 2.27. The maximum absolute atomic E-state index is 12.1. The second-order valence-corrected chi connectivity index (χ2v) is 6.33. The van der Waals surface area contributed by atoms with Crippen molar-refractivity contribution in [3.8, 4) is 11.5 Å². The van der Waals surface area contributed by atoms with E-state index in [0.717, 1.165) is 0 Å². The topological polar surface area (TPSA) is 103 Å². The molecule has 2 aromatic rings. The van der Waals surface area contributed by atoms with Gasteiger partial charge in [0.15, 0.2) is 18.1 Å². The lowest BCUT2D eigenvalue weighted by Gasteiger charge is -2.25. The van der Waals surface area contributed by atoms with Crippen LogP contribution in [0, 0.1) is 0 Å². The van der Waals surface area contributed by atoms with Crippen LogP contribution in [0.2, 0.25) is 5.02 Å². The third-order valence-electron chi connectivity index (χ3n) is 3.73. The standard InChI is InChI=1S/C20H17ClN2O6/c21-14-5-3-4-13(10-14)8-9-19(25)28-12-18(24)22-23-20(26)17-11-27-15-6-1-2-7-16(15)29-17/h1-10,17H,11-12H2,(H,22,24)(H,23,26)/b9-8+/t17-/m1/s1. The van der Waals surface area contributed by atoms with E-state index in [9.17, 15) is 14.4 Å². The monoisotopic (exact) mass is 416 g/mol. The van der Waals surface area contributed by atoms with Crippen LogP contribution >= 0.6 is 11.6 Å². The Hall–Kier alpha value is -3.52. The summed E-state index contributed by atoms with van der Waals surface area (Å²) in [7, 11) is 0. The Labute approximate surface area is 171 Å². The number of amides is 2. The molecule has 1 heterocycles. The number of para-hydroxylation sites is 2. The zero-order chi connectivity index (χ0) is 20.6. The lowest BCUT2D eigenvalue weighted by Crippen LogP contribution is -2.51. The molecular formula is C20H17ClN2O6. The Balaban J connectivity index is 1.38. The van der Waals surface area contributed by atoms with E-state index in [-0.39, 0.29) is 6.61 Å². The quantitative estimate of drug-likeness (QED) is 0.438. The van der Waals surface area contributed by atoms with Gasteiger partial charge in [-0.15, -0.1) is 0 Å². The average Bonchev–Trinajstić information content (AvgIpc) is 2.74. The van der Waals surface area contributed by atoms with Crippen LogP contribution in [-0.2, 0) is 19.1 Å². The number of carbonyl (C=O) groups excluding carboxylic acids is 3. The molecule has 9 heteroatoms. The molecule has 8 nitrogen and oxygen atoms in total. The highest BCUT2D eigenvalue weighted by Crippen LogP contribution is 2.30. The summed E-state index contributed by atoms with van der Waals surface area (Å²) < 4.78 is 15.7. The minimum Gasteiger partial charge on any atom is -0.485 e. The van der Waals surface area contributed by atoms with E-state index in [4.69, 9.17) is 25.8 Å². The molecule has 0 aliphatic carbocycles. The van der Waals surface area contributed by atoms with Crippen molar-refractivity contribution in [2.75, 3.05) is 13.2 Å². The van der Waals surface area contributed by atoms with Crippen LogP contribution in [0.25, 0.3) is 6.08 Å². The van der Waals surface area contributed by atoms with E-state index in [1.807, 2.05) is 0 Å². The van der Waals surface area contributed by atoms with Gasteiger partial charge in [-0.1, -0.05) is 35.9 Å². The summed E-state index contributed by atoms with van der Waals surface area (Å²) in [6.45, 7) is -0.564. The molecule has 0 spiro atoms. The van der Waals surface area contributed by atoms with Crippen LogP contribution in [0.15, 0.2) is 54.6 Å². The Bertz CT molecular complexity index is 946. The minimum absolute atomic E-state index is 0.00198. The Kier molecular flexibility index (Phi) is 6.70. The molecule has 1 atom stereocenters. The number of nitrogens with one attached hydrogen (secondary N) is 2. The molecule has 1 aliphatic heterocycles. The Morgan fingerprint density at radius 1 is 1.10 bits per heavy atom. The SMILES string of the molecule is O=C(COC(=O)/C=C/c1cccc(Cl)c1)NNC(=O)[C@H]1COc2ccccc2O1. The van der Waals surface area contributed by atoms with Crippen LogP contribution in [0.5, 0.6) is 11.5 Å². The number of esters is 1. The number of carbonyl (C=O) groups is 3. The fraction of sp³-hybridized carbons (Fsp3) is 0.150. The first-order chi connectivity index (χ1) is 14.0. The van der Waals surface area contributed by atoms with Gasteiger partial charge < -0.3 is 14.2 Å². The van der Waals surface area contributed by atoms with E-state index in [1.165, 1.54) is 12.2 Å². The van der Waals surface area contributed by atoms with Crippen molar-refractivity contribution in [3.05, 3.63) is 65.2 Å². The number of halogens is 1. The Morgan fingerprint density at radius 3 is 2.69 bits per heavy atom. The first-order valence-electron chi connectivity index (χ1n) is 8.59. The van der Waals surface area contributed by atoms with Crippen LogP contribution < -0.4 is 20.3 Å². The van der Waals surface area contributed by atoms with E-state index >= 15 is 0 Å². The van der Waals surface area contributed by atoms with Crippen molar-refractivity contribution in [2.45, 2.75) is 6.10 Å². The fourth-order valence-corrected chi connectivity index (χ4v) is 2.55. The van der Waals surface area contributed by atoms with Crippen molar-refractivity contribution in [2.24, 2.45) is 0 Å². The molecule has 0 unspecified atom stereocenters. The van der Waals surface area contributed by atoms with Crippen molar-refractivity contribution < 1.29 is 28.6 Å². The van der Waals surface area contributed by atoms with Crippen molar-refractivity contribution in [3.63, 3.8) is 0 Å². The number of hydrogen-bond donors (Lipinski definition) is 2. The molecular weight excluding hydrogens is 400 g/mol. The summed E-state index contributed by atoms with van der Waals surface area (Å²) in [5.74, 6) is -1.05. The molecule has 1 aliphatic rings. The molecule has 0 bridgehead atoms. The van der Waals surface area contributed by atoms with E-state index in [2.05, 4.69) is 10.9 Å². The largest absolute Gasteiger partial charge is 0.485 e. The van der Waals surface area contributed by atoms with Gasteiger partial charge in [0.05, 0.1) is 0 Å². The summed E-state index contributed by atoms with van der Waals surface area (Å²) in [5.41, 5.74) is 5.06. The molecule has 2 N–H and O–H groups in total. The molecule has 0 fully saturated rings. The molecule has 2 aromatic carbocycles.